The summed E-state index contributed by atoms with van der Waals surface area (Å²) in [7, 11) is 1.31. The second-order valence-electron chi connectivity index (χ2n) is 7.10. The van der Waals surface area contributed by atoms with E-state index in [1.54, 1.807) is 31.2 Å². The molecule has 138 valence electrons. The fraction of sp³-hybridized carbons (Fsp3) is 0.333. The summed E-state index contributed by atoms with van der Waals surface area (Å²) in [5.74, 6) is -0.125. The molecule has 0 radical (unpaired) electrons. The number of benzene rings is 2. The maximum Gasteiger partial charge on any atom is 0.337 e. The fourth-order valence-electron chi connectivity index (χ4n) is 2.38. The molecule has 0 unspecified atom stereocenters. The van der Waals surface area contributed by atoms with Gasteiger partial charge in [0.2, 0.25) is 0 Å². The van der Waals surface area contributed by atoms with Crippen molar-refractivity contribution < 1.29 is 19.1 Å². The Morgan fingerprint density at radius 1 is 1.04 bits per heavy atom. The average Bonchev–Trinajstić information content (AvgIpc) is 2.60. The summed E-state index contributed by atoms with van der Waals surface area (Å²) in [6, 6.07) is 14.3. The molecule has 0 aliphatic carbocycles. The molecule has 0 aromatic heterocycles. The summed E-state index contributed by atoms with van der Waals surface area (Å²) in [5.41, 5.74) is 2.14. The summed E-state index contributed by atoms with van der Waals surface area (Å²) >= 11 is 0. The summed E-state index contributed by atoms with van der Waals surface area (Å²) in [6.45, 7) is 8.10. The van der Waals surface area contributed by atoms with Crippen LogP contribution in [0, 0.1) is 0 Å². The second-order valence-corrected chi connectivity index (χ2v) is 7.10. The Morgan fingerprint density at radius 2 is 1.69 bits per heavy atom. The Kier molecular flexibility index (Phi) is 6.03. The predicted molar refractivity (Wildman–Crippen MR) is 102 cm³/mol. The van der Waals surface area contributed by atoms with Crippen molar-refractivity contribution in [1.29, 1.82) is 0 Å². The van der Waals surface area contributed by atoms with Crippen LogP contribution >= 0.6 is 0 Å². The van der Waals surface area contributed by atoms with Gasteiger partial charge in [0.05, 0.1) is 12.7 Å². The van der Waals surface area contributed by atoms with Gasteiger partial charge in [-0.25, -0.2) is 4.79 Å². The zero-order valence-electron chi connectivity index (χ0n) is 15.8. The van der Waals surface area contributed by atoms with E-state index in [9.17, 15) is 9.59 Å². The zero-order valence-corrected chi connectivity index (χ0v) is 15.8. The topological polar surface area (TPSA) is 64.6 Å². The molecule has 1 N–H and O–H groups in total. The van der Waals surface area contributed by atoms with Crippen molar-refractivity contribution in [3.05, 3.63) is 59.7 Å². The molecule has 0 bridgehead atoms. The van der Waals surface area contributed by atoms with Crippen LogP contribution in [-0.4, -0.2) is 25.1 Å². The lowest BCUT2D eigenvalue weighted by Gasteiger charge is -2.20. The summed E-state index contributed by atoms with van der Waals surface area (Å²) < 4.78 is 10.4. The van der Waals surface area contributed by atoms with Gasteiger partial charge in [-0.05, 0) is 48.2 Å². The number of nitrogens with one attached hydrogen (secondary N) is 1. The van der Waals surface area contributed by atoms with Crippen LogP contribution in [0.4, 0.5) is 5.69 Å². The van der Waals surface area contributed by atoms with Crippen LogP contribution in [-0.2, 0) is 14.9 Å². The minimum absolute atomic E-state index is 0.0617. The van der Waals surface area contributed by atoms with Gasteiger partial charge in [0.25, 0.3) is 5.91 Å². The van der Waals surface area contributed by atoms with Gasteiger partial charge in [0, 0.05) is 5.69 Å². The third-order valence-electron chi connectivity index (χ3n) is 3.95. The van der Waals surface area contributed by atoms with Gasteiger partial charge in [-0.3, -0.25) is 4.79 Å². The van der Waals surface area contributed by atoms with E-state index >= 15 is 0 Å². The minimum atomic E-state index is -0.683. The first-order valence-corrected chi connectivity index (χ1v) is 8.47. The molecule has 1 amide bonds. The van der Waals surface area contributed by atoms with Gasteiger partial charge in [0.1, 0.15) is 5.75 Å². The molecule has 1 atom stereocenters. The molecule has 5 heteroatoms. The number of carbonyl (C=O) groups excluding carboxylic acids is 2. The lowest BCUT2D eigenvalue weighted by Crippen LogP contribution is -2.30. The molecule has 2 aromatic carbocycles. The van der Waals surface area contributed by atoms with Crippen LogP contribution < -0.4 is 10.1 Å². The first-order chi connectivity index (χ1) is 12.2. The Hall–Kier alpha value is -2.82. The van der Waals surface area contributed by atoms with Gasteiger partial charge >= 0.3 is 5.97 Å². The Labute approximate surface area is 154 Å². The van der Waals surface area contributed by atoms with E-state index in [1.165, 1.54) is 12.7 Å². The van der Waals surface area contributed by atoms with Crippen molar-refractivity contribution in [1.82, 2.24) is 0 Å². The summed E-state index contributed by atoms with van der Waals surface area (Å²) in [4.78, 5) is 23.9. The minimum Gasteiger partial charge on any atom is -0.481 e. The number of ether oxygens (including phenoxy) is 2. The zero-order chi connectivity index (χ0) is 19.3. The molecule has 26 heavy (non-hydrogen) atoms. The first kappa shape index (κ1) is 19.5. The van der Waals surface area contributed by atoms with Gasteiger partial charge in [-0.15, -0.1) is 0 Å². The van der Waals surface area contributed by atoms with Crippen molar-refractivity contribution in [3.63, 3.8) is 0 Å². The molecule has 0 saturated heterocycles. The van der Waals surface area contributed by atoms with Gasteiger partial charge < -0.3 is 14.8 Å². The molecule has 0 spiro atoms. The predicted octanol–water partition coefficient (Wildman–Crippen LogP) is 4.18. The maximum absolute atomic E-state index is 12.3. The van der Waals surface area contributed by atoms with E-state index in [0.717, 1.165) is 0 Å². The van der Waals surface area contributed by atoms with E-state index in [1.807, 2.05) is 24.3 Å². The van der Waals surface area contributed by atoms with Gasteiger partial charge in [0.15, 0.2) is 6.10 Å². The quantitative estimate of drug-likeness (QED) is 0.817. The maximum atomic E-state index is 12.3. The van der Waals surface area contributed by atoms with Gasteiger partial charge in [-0.1, -0.05) is 39.0 Å². The highest BCUT2D eigenvalue weighted by molar-refractivity contribution is 5.96. The molecular formula is C21H25NO4. The van der Waals surface area contributed by atoms with Crippen LogP contribution in [0.25, 0.3) is 0 Å². The molecule has 0 saturated carbocycles. The Balaban J connectivity index is 2.00. The highest BCUT2D eigenvalue weighted by Gasteiger charge is 2.17. The monoisotopic (exact) mass is 355 g/mol. The number of methoxy groups -OCH3 is 1. The number of amides is 1. The number of hydrogen-bond donors (Lipinski definition) is 1. The second kappa shape index (κ2) is 8.04. The van der Waals surface area contributed by atoms with Crippen LogP contribution in [0.3, 0.4) is 0 Å². The van der Waals surface area contributed by atoms with Crippen LogP contribution in [0.15, 0.2) is 48.5 Å². The molecule has 0 aliphatic heterocycles. The van der Waals surface area contributed by atoms with E-state index in [0.29, 0.717) is 17.0 Å². The molecule has 0 heterocycles. The fourth-order valence-corrected chi connectivity index (χ4v) is 2.38. The van der Waals surface area contributed by atoms with Crippen molar-refractivity contribution in [2.24, 2.45) is 0 Å². The number of hydrogen-bond acceptors (Lipinski definition) is 4. The van der Waals surface area contributed by atoms with Crippen LogP contribution in [0.5, 0.6) is 5.75 Å². The molecule has 2 rings (SSSR count). The standard InChI is InChI=1S/C21H25NO4/c1-14(26-18-11-9-16(10-12-18)21(2,3)4)19(23)22-17-8-6-7-15(13-17)20(24)25-5/h6-14H,1-5H3,(H,22,23)/t14-/m1/s1. The molecule has 0 aliphatic rings. The highest BCUT2D eigenvalue weighted by atomic mass is 16.5. The highest BCUT2D eigenvalue weighted by Crippen LogP contribution is 2.24. The number of esters is 1. The van der Waals surface area contributed by atoms with E-state index < -0.39 is 12.1 Å². The average molecular weight is 355 g/mol. The largest absolute Gasteiger partial charge is 0.481 e. The van der Waals surface area contributed by atoms with Crippen molar-refractivity contribution in [2.45, 2.75) is 39.2 Å². The smallest absolute Gasteiger partial charge is 0.337 e. The van der Waals surface area contributed by atoms with Gasteiger partial charge in [-0.2, -0.15) is 0 Å². The first-order valence-electron chi connectivity index (χ1n) is 8.47. The lowest BCUT2D eigenvalue weighted by molar-refractivity contribution is -0.122. The Morgan fingerprint density at radius 3 is 2.27 bits per heavy atom. The number of carbonyl (C=O) groups is 2. The van der Waals surface area contributed by atoms with E-state index in [4.69, 9.17) is 4.74 Å². The van der Waals surface area contributed by atoms with E-state index in [-0.39, 0.29) is 11.3 Å². The van der Waals surface area contributed by atoms with Crippen molar-refractivity contribution >= 4 is 17.6 Å². The van der Waals surface area contributed by atoms with E-state index in [2.05, 4.69) is 30.8 Å². The third kappa shape index (κ3) is 5.09. The SMILES string of the molecule is COC(=O)c1cccc(NC(=O)[C@@H](C)Oc2ccc(C(C)(C)C)cc2)c1. The molecule has 2 aromatic rings. The number of rotatable bonds is 5. The molecular weight excluding hydrogens is 330 g/mol. The van der Waals surface area contributed by atoms with Crippen molar-refractivity contribution in [3.8, 4) is 5.75 Å². The Bertz CT molecular complexity index is 775. The molecule has 5 nitrogen and oxygen atoms in total. The lowest BCUT2D eigenvalue weighted by atomic mass is 9.87. The summed E-state index contributed by atoms with van der Waals surface area (Å²) in [5, 5.41) is 2.75. The third-order valence-corrected chi connectivity index (χ3v) is 3.95. The van der Waals surface area contributed by atoms with Crippen LogP contribution in [0.2, 0.25) is 0 Å². The number of anilines is 1. The normalized spacial score (nSPS) is 12.2. The van der Waals surface area contributed by atoms with Crippen LogP contribution in [0.1, 0.15) is 43.6 Å². The van der Waals surface area contributed by atoms with Crippen molar-refractivity contribution in [2.75, 3.05) is 12.4 Å². The molecule has 0 fully saturated rings. The summed E-state index contributed by atoms with van der Waals surface area (Å²) in [6.07, 6.45) is -0.683.